The zero-order valence-corrected chi connectivity index (χ0v) is 12.3. The van der Waals surface area contributed by atoms with E-state index in [-0.39, 0.29) is 0 Å². The topological polar surface area (TPSA) is 24.9 Å². The van der Waals surface area contributed by atoms with Crippen LogP contribution in [0.5, 0.6) is 0 Å². The summed E-state index contributed by atoms with van der Waals surface area (Å²) in [6, 6.07) is 6.67. The van der Waals surface area contributed by atoms with Gasteiger partial charge in [0.25, 0.3) is 0 Å². The van der Waals surface area contributed by atoms with E-state index >= 15 is 0 Å². The highest BCUT2D eigenvalue weighted by Crippen LogP contribution is 2.21. The molecular weight excluding hydrogens is 240 g/mol. The Morgan fingerprint density at radius 1 is 1.17 bits per heavy atom. The predicted octanol–water partition coefficient (Wildman–Crippen LogP) is 3.38. The highest BCUT2D eigenvalue weighted by Gasteiger charge is 2.07. The molecule has 0 aliphatic carbocycles. The van der Waals surface area contributed by atoms with Crippen LogP contribution in [0.3, 0.4) is 0 Å². The SMILES string of the molecule is CNCc1sc(Cc2ccc(C)c(C)c2)nc1C. The number of nitrogens with zero attached hydrogens (tertiary/aromatic N) is 1. The summed E-state index contributed by atoms with van der Waals surface area (Å²) in [6.45, 7) is 7.32. The number of benzene rings is 1. The second-order valence-corrected chi connectivity index (χ2v) is 5.91. The molecule has 1 aromatic carbocycles. The maximum Gasteiger partial charge on any atom is 0.0975 e. The van der Waals surface area contributed by atoms with Gasteiger partial charge in [-0.05, 0) is 44.5 Å². The van der Waals surface area contributed by atoms with Gasteiger partial charge in [0, 0.05) is 17.8 Å². The van der Waals surface area contributed by atoms with Crippen molar-refractivity contribution in [2.45, 2.75) is 33.7 Å². The van der Waals surface area contributed by atoms with E-state index in [0.717, 1.165) is 18.7 Å². The lowest BCUT2D eigenvalue weighted by Crippen LogP contribution is -2.04. The Bertz CT molecular complexity index is 543. The first-order valence-electron chi connectivity index (χ1n) is 6.26. The van der Waals surface area contributed by atoms with E-state index in [1.807, 2.05) is 18.4 Å². The Kier molecular flexibility index (Phi) is 4.15. The summed E-state index contributed by atoms with van der Waals surface area (Å²) < 4.78 is 0. The zero-order chi connectivity index (χ0) is 13.1. The van der Waals surface area contributed by atoms with Crippen molar-refractivity contribution in [3.63, 3.8) is 0 Å². The van der Waals surface area contributed by atoms with Crippen LogP contribution in [0.1, 0.15) is 32.3 Å². The summed E-state index contributed by atoms with van der Waals surface area (Å²) in [4.78, 5) is 6.00. The molecular formula is C15H20N2S. The van der Waals surface area contributed by atoms with E-state index < -0.39 is 0 Å². The van der Waals surface area contributed by atoms with E-state index in [4.69, 9.17) is 0 Å². The van der Waals surface area contributed by atoms with Gasteiger partial charge < -0.3 is 5.32 Å². The molecule has 1 aromatic heterocycles. The number of aryl methyl sites for hydroxylation is 3. The summed E-state index contributed by atoms with van der Waals surface area (Å²) in [5, 5.41) is 4.40. The van der Waals surface area contributed by atoms with Crippen LogP contribution in [0.4, 0.5) is 0 Å². The Morgan fingerprint density at radius 2 is 1.94 bits per heavy atom. The lowest BCUT2D eigenvalue weighted by molar-refractivity contribution is 0.822. The maximum absolute atomic E-state index is 4.66. The molecule has 2 nitrogen and oxygen atoms in total. The molecule has 0 aliphatic rings. The fourth-order valence-electron chi connectivity index (χ4n) is 1.98. The summed E-state index contributed by atoms with van der Waals surface area (Å²) in [5.74, 6) is 0. The Balaban J connectivity index is 2.18. The maximum atomic E-state index is 4.66. The minimum atomic E-state index is 0.913. The van der Waals surface area contributed by atoms with E-state index in [1.54, 1.807) is 0 Å². The van der Waals surface area contributed by atoms with Gasteiger partial charge in [0.15, 0.2) is 0 Å². The monoisotopic (exact) mass is 260 g/mol. The average molecular weight is 260 g/mol. The molecule has 18 heavy (non-hydrogen) atoms. The molecule has 0 saturated heterocycles. The molecule has 2 aromatic rings. The van der Waals surface area contributed by atoms with Crippen molar-refractivity contribution in [1.29, 1.82) is 0 Å². The van der Waals surface area contributed by atoms with Crippen LogP contribution in [0.25, 0.3) is 0 Å². The van der Waals surface area contributed by atoms with Crippen LogP contribution < -0.4 is 5.32 Å². The van der Waals surface area contributed by atoms with Crippen LogP contribution in [0, 0.1) is 20.8 Å². The Hall–Kier alpha value is -1.19. The lowest BCUT2D eigenvalue weighted by atomic mass is 10.0. The first-order valence-corrected chi connectivity index (χ1v) is 7.07. The smallest absolute Gasteiger partial charge is 0.0975 e. The molecule has 0 radical (unpaired) electrons. The van der Waals surface area contributed by atoms with Gasteiger partial charge in [-0.2, -0.15) is 0 Å². The third-order valence-corrected chi connectivity index (χ3v) is 4.36. The van der Waals surface area contributed by atoms with Gasteiger partial charge in [0.1, 0.15) is 0 Å². The van der Waals surface area contributed by atoms with E-state index in [9.17, 15) is 0 Å². The molecule has 0 saturated carbocycles. The van der Waals surface area contributed by atoms with Crippen molar-refractivity contribution in [1.82, 2.24) is 10.3 Å². The van der Waals surface area contributed by atoms with Gasteiger partial charge in [-0.25, -0.2) is 4.98 Å². The first-order chi connectivity index (χ1) is 8.60. The molecule has 0 spiro atoms. The van der Waals surface area contributed by atoms with Crippen LogP contribution >= 0.6 is 11.3 Å². The lowest BCUT2D eigenvalue weighted by Gasteiger charge is -2.03. The molecule has 2 rings (SSSR count). The van der Waals surface area contributed by atoms with Gasteiger partial charge in [0.05, 0.1) is 10.7 Å². The van der Waals surface area contributed by atoms with Crippen molar-refractivity contribution in [3.8, 4) is 0 Å². The molecule has 0 amide bonds. The summed E-state index contributed by atoms with van der Waals surface area (Å²) in [7, 11) is 1.97. The number of rotatable bonds is 4. The van der Waals surface area contributed by atoms with Crippen molar-refractivity contribution in [2.24, 2.45) is 0 Å². The molecule has 96 valence electrons. The quantitative estimate of drug-likeness (QED) is 0.911. The van der Waals surface area contributed by atoms with Gasteiger partial charge in [-0.1, -0.05) is 18.2 Å². The molecule has 3 heteroatoms. The summed E-state index contributed by atoms with van der Waals surface area (Å²) >= 11 is 1.82. The van der Waals surface area contributed by atoms with Crippen LogP contribution in [-0.4, -0.2) is 12.0 Å². The zero-order valence-electron chi connectivity index (χ0n) is 11.5. The molecule has 0 fully saturated rings. The van der Waals surface area contributed by atoms with E-state index in [0.29, 0.717) is 0 Å². The average Bonchev–Trinajstić information content (AvgIpc) is 2.65. The van der Waals surface area contributed by atoms with Crippen molar-refractivity contribution in [3.05, 3.63) is 50.5 Å². The van der Waals surface area contributed by atoms with Gasteiger partial charge in [-0.15, -0.1) is 11.3 Å². The summed E-state index contributed by atoms with van der Waals surface area (Å²) in [6.07, 6.45) is 0.941. The number of hydrogen-bond acceptors (Lipinski definition) is 3. The fourth-order valence-corrected chi connectivity index (χ4v) is 3.09. The molecule has 1 heterocycles. The minimum absolute atomic E-state index is 0.913. The number of thiazole rings is 1. The highest BCUT2D eigenvalue weighted by atomic mass is 32.1. The van der Waals surface area contributed by atoms with Gasteiger partial charge >= 0.3 is 0 Å². The second-order valence-electron chi connectivity index (χ2n) is 4.74. The summed E-state index contributed by atoms with van der Waals surface area (Å²) in [5.41, 5.74) is 5.22. The largest absolute Gasteiger partial charge is 0.315 e. The number of aromatic nitrogens is 1. The normalized spacial score (nSPS) is 10.9. The fraction of sp³-hybridized carbons (Fsp3) is 0.400. The second kappa shape index (κ2) is 5.63. The van der Waals surface area contributed by atoms with Gasteiger partial charge in [-0.3, -0.25) is 0 Å². The molecule has 0 aliphatic heterocycles. The molecule has 1 N–H and O–H groups in total. The molecule has 0 bridgehead atoms. The van der Waals surface area contributed by atoms with Crippen LogP contribution in [-0.2, 0) is 13.0 Å². The standard InChI is InChI=1S/C15H20N2S/c1-10-5-6-13(7-11(10)2)8-15-17-12(3)14(18-15)9-16-4/h5-7,16H,8-9H2,1-4H3. The third kappa shape index (κ3) is 2.98. The van der Waals surface area contributed by atoms with Gasteiger partial charge in [0.2, 0.25) is 0 Å². The Labute approximate surface area is 113 Å². The first kappa shape index (κ1) is 13.2. The number of nitrogens with one attached hydrogen (secondary N) is 1. The van der Waals surface area contributed by atoms with Crippen molar-refractivity contribution < 1.29 is 0 Å². The van der Waals surface area contributed by atoms with Crippen LogP contribution in [0.2, 0.25) is 0 Å². The molecule has 0 atom stereocenters. The third-order valence-electron chi connectivity index (χ3n) is 3.20. The predicted molar refractivity (Wildman–Crippen MR) is 78.3 cm³/mol. The van der Waals surface area contributed by atoms with E-state index in [2.05, 4.69) is 49.3 Å². The highest BCUT2D eigenvalue weighted by molar-refractivity contribution is 7.11. The van der Waals surface area contributed by atoms with E-state index in [1.165, 1.54) is 26.6 Å². The van der Waals surface area contributed by atoms with Crippen molar-refractivity contribution in [2.75, 3.05) is 7.05 Å². The van der Waals surface area contributed by atoms with Crippen LogP contribution in [0.15, 0.2) is 18.2 Å². The minimum Gasteiger partial charge on any atom is -0.315 e. The number of hydrogen-bond donors (Lipinski definition) is 1. The molecule has 0 unspecified atom stereocenters. The Morgan fingerprint density at radius 3 is 2.61 bits per heavy atom. The van der Waals surface area contributed by atoms with Crippen molar-refractivity contribution >= 4 is 11.3 Å².